The third-order valence-electron chi connectivity index (χ3n) is 4.32. The molecule has 0 fully saturated rings. The highest BCUT2D eigenvalue weighted by Gasteiger charge is 2.24. The summed E-state index contributed by atoms with van der Waals surface area (Å²) in [4.78, 5) is 0. The van der Waals surface area contributed by atoms with Crippen LogP contribution in [0.25, 0.3) is 11.3 Å². The number of aromatic nitrogens is 4. The number of hydrogen-bond donors (Lipinski definition) is 1. The molecule has 7 nitrogen and oxygen atoms in total. The van der Waals surface area contributed by atoms with Crippen molar-refractivity contribution in [1.29, 1.82) is 0 Å². The zero-order valence-electron chi connectivity index (χ0n) is 13.7. The topological polar surface area (TPSA) is 78.0 Å². The first-order valence-corrected chi connectivity index (χ1v) is 8.85. The average Bonchev–Trinajstić information content (AvgIpc) is 3.30. The van der Waals surface area contributed by atoms with E-state index in [0.717, 1.165) is 47.1 Å². The predicted molar refractivity (Wildman–Crippen MR) is 89.6 cm³/mol. The standard InChI is InChI=1S/C16H19N5O2S/c1-10-14(11(2)23-19-10)6-17-5-13-7-21-15(8-22-13)16(18-20-21)12-3-4-24-9-12/h3-4,9,13,17H,5-8H2,1-2H3. The number of rotatable bonds is 5. The van der Waals surface area contributed by atoms with E-state index in [9.17, 15) is 0 Å². The van der Waals surface area contributed by atoms with Crippen molar-refractivity contribution in [3.05, 3.63) is 39.5 Å². The maximum absolute atomic E-state index is 5.98. The quantitative estimate of drug-likeness (QED) is 0.764. The Bertz CT molecular complexity index is 804. The van der Waals surface area contributed by atoms with E-state index in [2.05, 4.69) is 32.2 Å². The van der Waals surface area contributed by atoms with Crippen LogP contribution in [-0.4, -0.2) is 32.8 Å². The van der Waals surface area contributed by atoms with E-state index < -0.39 is 0 Å². The van der Waals surface area contributed by atoms with Crippen LogP contribution in [0.15, 0.2) is 21.3 Å². The van der Waals surface area contributed by atoms with E-state index in [1.54, 1.807) is 11.3 Å². The molecule has 0 radical (unpaired) electrons. The summed E-state index contributed by atoms with van der Waals surface area (Å²) in [6.45, 7) is 6.61. The van der Waals surface area contributed by atoms with Crippen molar-refractivity contribution < 1.29 is 9.26 Å². The van der Waals surface area contributed by atoms with Gasteiger partial charge in [0, 0.05) is 29.6 Å². The van der Waals surface area contributed by atoms with Crippen LogP contribution in [0, 0.1) is 13.8 Å². The molecule has 24 heavy (non-hydrogen) atoms. The lowest BCUT2D eigenvalue weighted by Gasteiger charge is -2.24. The lowest BCUT2D eigenvalue weighted by Crippen LogP contribution is -2.36. The molecule has 4 rings (SSSR count). The van der Waals surface area contributed by atoms with E-state index in [1.807, 2.05) is 23.9 Å². The summed E-state index contributed by atoms with van der Waals surface area (Å²) in [6, 6.07) is 2.06. The van der Waals surface area contributed by atoms with Gasteiger partial charge in [0.25, 0.3) is 0 Å². The molecule has 0 amide bonds. The molecule has 3 aromatic heterocycles. The zero-order chi connectivity index (χ0) is 16.5. The van der Waals surface area contributed by atoms with Gasteiger partial charge in [-0.3, -0.25) is 0 Å². The molecule has 1 unspecified atom stereocenters. The summed E-state index contributed by atoms with van der Waals surface area (Å²) >= 11 is 1.66. The molecular formula is C16H19N5O2S. The van der Waals surface area contributed by atoms with Crippen LogP contribution in [0.2, 0.25) is 0 Å². The molecule has 8 heteroatoms. The molecule has 0 saturated carbocycles. The fraction of sp³-hybridized carbons (Fsp3) is 0.438. The van der Waals surface area contributed by atoms with Gasteiger partial charge in [0.1, 0.15) is 11.5 Å². The first-order valence-electron chi connectivity index (χ1n) is 7.91. The average molecular weight is 345 g/mol. The highest BCUT2D eigenvalue weighted by atomic mass is 32.1. The van der Waals surface area contributed by atoms with E-state index in [-0.39, 0.29) is 6.10 Å². The molecule has 0 aliphatic carbocycles. The van der Waals surface area contributed by atoms with Crippen molar-refractivity contribution in [2.75, 3.05) is 6.54 Å². The maximum Gasteiger partial charge on any atom is 0.138 e. The molecule has 0 spiro atoms. The first-order chi connectivity index (χ1) is 11.7. The van der Waals surface area contributed by atoms with E-state index >= 15 is 0 Å². The Morgan fingerprint density at radius 2 is 2.33 bits per heavy atom. The second-order valence-electron chi connectivity index (χ2n) is 5.95. The summed E-state index contributed by atoms with van der Waals surface area (Å²) in [5.74, 6) is 0.864. The Morgan fingerprint density at radius 3 is 3.08 bits per heavy atom. The smallest absolute Gasteiger partial charge is 0.138 e. The van der Waals surface area contributed by atoms with Crippen molar-refractivity contribution in [2.45, 2.75) is 39.6 Å². The molecule has 3 aromatic rings. The summed E-state index contributed by atoms with van der Waals surface area (Å²) < 4.78 is 13.1. The van der Waals surface area contributed by atoms with E-state index in [1.165, 1.54) is 0 Å². The van der Waals surface area contributed by atoms with Crippen molar-refractivity contribution in [1.82, 2.24) is 25.5 Å². The Hall–Kier alpha value is -2.03. The van der Waals surface area contributed by atoms with Gasteiger partial charge < -0.3 is 14.6 Å². The number of aryl methyl sites for hydroxylation is 2. The Balaban J connectivity index is 1.37. The van der Waals surface area contributed by atoms with Gasteiger partial charge in [-0.2, -0.15) is 11.3 Å². The number of nitrogens with one attached hydrogen (secondary N) is 1. The van der Waals surface area contributed by atoms with Gasteiger partial charge in [-0.15, -0.1) is 5.10 Å². The third-order valence-corrected chi connectivity index (χ3v) is 5.00. The molecule has 0 aromatic carbocycles. The minimum atomic E-state index is 0.0787. The molecular weight excluding hydrogens is 326 g/mol. The molecule has 0 saturated heterocycles. The first kappa shape index (κ1) is 15.5. The second-order valence-corrected chi connectivity index (χ2v) is 6.73. The van der Waals surface area contributed by atoms with Crippen molar-refractivity contribution in [3.63, 3.8) is 0 Å². The largest absolute Gasteiger partial charge is 0.369 e. The SMILES string of the molecule is Cc1noc(C)c1CNCC1Cn2nnc(-c3ccsc3)c2CO1. The zero-order valence-corrected chi connectivity index (χ0v) is 14.5. The minimum Gasteiger partial charge on any atom is -0.369 e. The lowest BCUT2D eigenvalue weighted by molar-refractivity contribution is 0.00123. The highest BCUT2D eigenvalue weighted by Crippen LogP contribution is 2.26. The van der Waals surface area contributed by atoms with Crippen LogP contribution in [-0.2, 0) is 24.4 Å². The number of hydrogen-bond acceptors (Lipinski definition) is 7. The van der Waals surface area contributed by atoms with Crippen LogP contribution in [0.5, 0.6) is 0 Å². The Labute approximate surface area is 143 Å². The van der Waals surface area contributed by atoms with E-state index in [4.69, 9.17) is 9.26 Å². The van der Waals surface area contributed by atoms with Gasteiger partial charge in [-0.1, -0.05) is 10.4 Å². The van der Waals surface area contributed by atoms with Gasteiger partial charge in [-0.25, -0.2) is 4.68 Å². The molecule has 1 aliphatic rings. The maximum atomic E-state index is 5.98. The van der Waals surface area contributed by atoms with E-state index in [0.29, 0.717) is 13.2 Å². The highest BCUT2D eigenvalue weighted by molar-refractivity contribution is 7.08. The van der Waals surface area contributed by atoms with Crippen LogP contribution >= 0.6 is 11.3 Å². The molecule has 126 valence electrons. The summed E-state index contributed by atoms with van der Waals surface area (Å²) in [5.41, 5.74) is 5.14. The van der Waals surface area contributed by atoms with Crippen LogP contribution < -0.4 is 5.32 Å². The lowest BCUT2D eigenvalue weighted by atomic mass is 10.1. The van der Waals surface area contributed by atoms with Crippen LogP contribution in [0.4, 0.5) is 0 Å². The number of fused-ring (bicyclic) bond motifs is 1. The number of thiophene rings is 1. The molecule has 1 atom stereocenters. The number of ether oxygens (including phenoxy) is 1. The summed E-state index contributed by atoms with van der Waals surface area (Å²) in [6.07, 6.45) is 0.0787. The molecule has 1 N–H and O–H groups in total. The molecule has 0 bridgehead atoms. The molecule has 1 aliphatic heterocycles. The fourth-order valence-electron chi connectivity index (χ4n) is 2.92. The van der Waals surface area contributed by atoms with Gasteiger partial charge >= 0.3 is 0 Å². The normalized spacial score (nSPS) is 17.2. The van der Waals surface area contributed by atoms with Crippen molar-refractivity contribution in [2.24, 2.45) is 0 Å². The van der Waals surface area contributed by atoms with Gasteiger partial charge in [0.05, 0.1) is 30.6 Å². The third kappa shape index (κ3) is 2.88. The number of nitrogens with zero attached hydrogens (tertiary/aromatic N) is 4. The molecule has 4 heterocycles. The Morgan fingerprint density at radius 1 is 1.42 bits per heavy atom. The van der Waals surface area contributed by atoms with Crippen molar-refractivity contribution in [3.8, 4) is 11.3 Å². The van der Waals surface area contributed by atoms with Crippen LogP contribution in [0.1, 0.15) is 22.7 Å². The Kier molecular flexibility index (Phi) is 4.17. The monoisotopic (exact) mass is 345 g/mol. The minimum absolute atomic E-state index is 0.0787. The predicted octanol–water partition coefficient (Wildman–Crippen LogP) is 2.30. The van der Waals surface area contributed by atoms with Gasteiger partial charge in [-0.05, 0) is 25.3 Å². The summed E-state index contributed by atoms with van der Waals surface area (Å²) in [5, 5.41) is 20.1. The second kappa shape index (κ2) is 6.46. The fourth-order valence-corrected chi connectivity index (χ4v) is 3.56. The van der Waals surface area contributed by atoms with Crippen LogP contribution in [0.3, 0.4) is 0 Å². The van der Waals surface area contributed by atoms with Gasteiger partial charge in [0.2, 0.25) is 0 Å². The van der Waals surface area contributed by atoms with Crippen molar-refractivity contribution >= 4 is 11.3 Å². The van der Waals surface area contributed by atoms with Gasteiger partial charge in [0.15, 0.2) is 0 Å². The summed E-state index contributed by atoms with van der Waals surface area (Å²) in [7, 11) is 0.